The Kier molecular flexibility index (Phi) is 63.1. The van der Waals surface area contributed by atoms with E-state index in [2.05, 4.69) is 123 Å². The number of allylic oxidation sites excluding steroid dienone is 18. The van der Waals surface area contributed by atoms with Gasteiger partial charge in [-0.15, -0.1) is 0 Å². The molecule has 0 radical (unpaired) electrons. The summed E-state index contributed by atoms with van der Waals surface area (Å²) in [4.78, 5) is 35.3. The van der Waals surface area contributed by atoms with E-state index in [1.807, 2.05) is 0 Å². The van der Waals surface area contributed by atoms with Crippen LogP contribution < -0.4 is 5.73 Å². The van der Waals surface area contributed by atoms with Gasteiger partial charge in [0.05, 0.1) is 13.2 Å². The number of phosphoric ester groups is 1. The van der Waals surface area contributed by atoms with Crippen molar-refractivity contribution in [2.24, 2.45) is 5.73 Å². The van der Waals surface area contributed by atoms with Crippen LogP contribution in [0.15, 0.2) is 109 Å². The molecule has 0 rings (SSSR count). The van der Waals surface area contributed by atoms with E-state index in [0.717, 1.165) is 89.9 Å². The van der Waals surface area contributed by atoms with Gasteiger partial charge in [-0.1, -0.05) is 290 Å². The summed E-state index contributed by atoms with van der Waals surface area (Å²) >= 11 is 0. The Labute approximate surface area is 499 Å². The molecular formula is C71H124NO8P. The van der Waals surface area contributed by atoms with Crippen molar-refractivity contribution >= 4 is 19.8 Å². The second kappa shape index (κ2) is 65.8. The summed E-state index contributed by atoms with van der Waals surface area (Å²) in [6.07, 6.45) is 90.3. The highest BCUT2D eigenvalue weighted by molar-refractivity contribution is 7.47. The number of hydrogen-bond donors (Lipinski definition) is 2. The molecular weight excluding hydrogens is 1030 g/mol. The van der Waals surface area contributed by atoms with E-state index >= 15 is 0 Å². The maximum absolute atomic E-state index is 12.7. The van der Waals surface area contributed by atoms with E-state index in [4.69, 9.17) is 24.3 Å². The Morgan fingerprint density at radius 1 is 0.383 bits per heavy atom. The van der Waals surface area contributed by atoms with Crippen LogP contribution in [0.4, 0.5) is 0 Å². The predicted molar refractivity (Wildman–Crippen MR) is 348 cm³/mol. The lowest BCUT2D eigenvalue weighted by molar-refractivity contribution is -0.161. The summed E-state index contributed by atoms with van der Waals surface area (Å²) in [5, 5.41) is 0. The lowest BCUT2D eigenvalue weighted by Gasteiger charge is -2.19. The molecule has 9 nitrogen and oxygen atoms in total. The van der Waals surface area contributed by atoms with Gasteiger partial charge in [-0.25, -0.2) is 4.57 Å². The maximum atomic E-state index is 12.7. The average Bonchev–Trinajstić information content (AvgIpc) is 3.46. The fraction of sp³-hybridized carbons (Fsp3) is 0.718. The van der Waals surface area contributed by atoms with Crippen molar-refractivity contribution in [3.63, 3.8) is 0 Å². The molecule has 466 valence electrons. The number of carbonyl (C=O) groups is 2. The van der Waals surface area contributed by atoms with E-state index < -0.39 is 26.5 Å². The molecule has 2 atom stereocenters. The molecule has 0 spiro atoms. The van der Waals surface area contributed by atoms with E-state index in [-0.39, 0.29) is 38.6 Å². The first-order valence-corrected chi connectivity index (χ1v) is 34.9. The molecule has 0 fully saturated rings. The van der Waals surface area contributed by atoms with Crippen molar-refractivity contribution in [2.45, 2.75) is 302 Å². The smallest absolute Gasteiger partial charge is 0.462 e. The second-order valence-electron chi connectivity index (χ2n) is 22.0. The van der Waals surface area contributed by atoms with Crippen LogP contribution in [0.1, 0.15) is 296 Å². The third-order valence-corrected chi connectivity index (χ3v) is 15.1. The Morgan fingerprint density at radius 3 is 1.02 bits per heavy atom. The third-order valence-electron chi connectivity index (χ3n) is 14.1. The summed E-state index contributed by atoms with van der Waals surface area (Å²) in [7, 11) is -4.39. The first-order chi connectivity index (χ1) is 39.8. The van der Waals surface area contributed by atoms with Gasteiger partial charge in [-0.3, -0.25) is 18.6 Å². The molecule has 10 heteroatoms. The van der Waals surface area contributed by atoms with Gasteiger partial charge < -0.3 is 20.1 Å². The van der Waals surface area contributed by atoms with Crippen molar-refractivity contribution < 1.29 is 37.6 Å². The summed E-state index contributed by atoms with van der Waals surface area (Å²) < 4.78 is 33.1. The average molecular weight is 1150 g/mol. The van der Waals surface area contributed by atoms with Crippen LogP contribution in [0.3, 0.4) is 0 Å². The molecule has 2 unspecified atom stereocenters. The minimum atomic E-state index is -4.39. The largest absolute Gasteiger partial charge is 0.472 e. The normalized spacial score (nSPS) is 13.7. The van der Waals surface area contributed by atoms with Gasteiger partial charge in [-0.05, 0) is 103 Å². The van der Waals surface area contributed by atoms with Crippen LogP contribution in [-0.2, 0) is 32.7 Å². The highest BCUT2D eigenvalue weighted by atomic mass is 31.2. The van der Waals surface area contributed by atoms with E-state index in [9.17, 15) is 19.0 Å². The van der Waals surface area contributed by atoms with Crippen molar-refractivity contribution in [3.05, 3.63) is 109 Å². The highest BCUT2D eigenvalue weighted by Gasteiger charge is 2.26. The number of unbranched alkanes of at least 4 members (excludes halogenated alkanes) is 31. The lowest BCUT2D eigenvalue weighted by atomic mass is 10.0. The predicted octanol–water partition coefficient (Wildman–Crippen LogP) is 21.7. The zero-order valence-corrected chi connectivity index (χ0v) is 53.1. The number of carbonyl (C=O) groups excluding carboxylic acids is 2. The van der Waals surface area contributed by atoms with Crippen LogP contribution in [-0.4, -0.2) is 49.3 Å². The zero-order valence-electron chi connectivity index (χ0n) is 52.2. The first-order valence-electron chi connectivity index (χ1n) is 33.4. The summed E-state index contributed by atoms with van der Waals surface area (Å²) in [6.45, 7) is 3.65. The Balaban J connectivity index is 3.87. The van der Waals surface area contributed by atoms with E-state index in [0.29, 0.717) is 6.42 Å². The fourth-order valence-corrected chi connectivity index (χ4v) is 10.0. The molecule has 81 heavy (non-hydrogen) atoms. The highest BCUT2D eigenvalue weighted by Crippen LogP contribution is 2.43. The van der Waals surface area contributed by atoms with E-state index in [1.54, 1.807) is 0 Å². The number of nitrogens with two attached hydrogens (primary N) is 1. The Hall–Kier alpha value is -3.33. The van der Waals surface area contributed by atoms with Crippen molar-refractivity contribution in [1.82, 2.24) is 0 Å². The van der Waals surface area contributed by atoms with Crippen LogP contribution in [0, 0.1) is 0 Å². The maximum Gasteiger partial charge on any atom is 0.472 e. The molecule has 0 aliphatic carbocycles. The SMILES string of the molecule is CC/C=C\C/C=C\C/C=C\C/C=C\C/C=C\C/C=C\C/C=C\C/C=C\CCCCCCCCCCCCCCCCCCC(=O)OC(COC(=O)CCCCCCCCCCC/C=C\CCCCCCCC)COP(=O)(O)OCCN. The number of hydrogen-bond acceptors (Lipinski definition) is 8. The summed E-state index contributed by atoms with van der Waals surface area (Å²) in [5.74, 6) is -0.824. The van der Waals surface area contributed by atoms with Crippen LogP contribution in [0.25, 0.3) is 0 Å². The Morgan fingerprint density at radius 2 is 0.679 bits per heavy atom. The van der Waals surface area contributed by atoms with Gasteiger partial charge in [0.1, 0.15) is 6.61 Å². The molecule has 0 amide bonds. The van der Waals surface area contributed by atoms with Crippen LogP contribution >= 0.6 is 7.82 Å². The van der Waals surface area contributed by atoms with Crippen LogP contribution in [0.5, 0.6) is 0 Å². The van der Waals surface area contributed by atoms with Crippen molar-refractivity contribution in [2.75, 3.05) is 26.4 Å². The topological polar surface area (TPSA) is 134 Å². The molecule has 0 aliphatic heterocycles. The minimum absolute atomic E-state index is 0.0510. The molecule has 0 aromatic rings. The molecule has 0 heterocycles. The number of phosphoric acid groups is 1. The first kappa shape index (κ1) is 77.7. The number of ether oxygens (including phenoxy) is 2. The third kappa shape index (κ3) is 65.7. The number of esters is 2. The van der Waals surface area contributed by atoms with Crippen molar-refractivity contribution in [3.8, 4) is 0 Å². The monoisotopic (exact) mass is 1150 g/mol. The van der Waals surface area contributed by atoms with Gasteiger partial charge in [0.15, 0.2) is 6.10 Å². The van der Waals surface area contributed by atoms with Crippen LogP contribution in [0.2, 0.25) is 0 Å². The quantitative estimate of drug-likeness (QED) is 0.0264. The summed E-state index contributed by atoms with van der Waals surface area (Å²) in [5.41, 5.74) is 5.39. The fourth-order valence-electron chi connectivity index (χ4n) is 9.24. The molecule has 0 bridgehead atoms. The molecule has 0 aliphatic rings. The van der Waals surface area contributed by atoms with Gasteiger partial charge in [0, 0.05) is 19.4 Å². The number of rotatable bonds is 62. The lowest BCUT2D eigenvalue weighted by Crippen LogP contribution is -2.29. The zero-order chi connectivity index (χ0) is 58.7. The molecule has 0 aromatic heterocycles. The second-order valence-corrected chi connectivity index (χ2v) is 23.4. The Bertz CT molecular complexity index is 1690. The van der Waals surface area contributed by atoms with Crippen molar-refractivity contribution in [1.29, 1.82) is 0 Å². The van der Waals surface area contributed by atoms with Gasteiger partial charge in [0.25, 0.3) is 0 Å². The molecule has 0 saturated heterocycles. The van der Waals surface area contributed by atoms with Gasteiger partial charge in [-0.2, -0.15) is 0 Å². The molecule has 3 N–H and O–H groups in total. The van der Waals surface area contributed by atoms with Gasteiger partial charge in [0.2, 0.25) is 0 Å². The molecule has 0 saturated carbocycles. The van der Waals surface area contributed by atoms with E-state index in [1.165, 1.54) is 173 Å². The summed E-state index contributed by atoms with van der Waals surface area (Å²) in [6, 6.07) is 0. The molecule has 0 aromatic carbocycles. The standard InChI is InChI=1S/C71H124NO8P/c1-3-5-7-9-11-13-15-17-19-21-23-24-25-26-27-28-29-30-31-32-33-34-35-36-37-38-39-40-41-42-43-44-46-48-50-52-54-56-58-60-62-64-71(74)80-69(68-79-81(75,76)78-66-65-72)67-77-70(73)63-61-59-57-55-53-51-49-47-45-22-20-18-16-14-12-10-8-6-4-2/h5,7,11,13,17-20,23-24,26-27,29-30,32-33,35-36,69H,3-4,6,8-10,12,14-16,21-22,25,28,31,34,37-68,72H2,1-2H3,(H,75,76)/b7-5-,13-11-,19-17-,20-18-,24-23-,27-26-,30-29-,33-32-,36-35-. The van der Waals surface area contributed by atoms with Gasteiger partial charge >= 0.3 is 19.8 Å². The minimum Gasteiger partial charge on any atom is -0.462 e.